The van der Waals surface area contributed by atoms with Crippen molar-refractivity contribution in [3.63, 3.8) is 0 Å². The lowest BCUT2D eigenvalue weighted by Crippen LogP contribution is -2.27. The van der Waals surface area contributed by atoms with E-state index in [-0.39, 0.29) is 11.5 Å². The molecule has 2 atom stereocenters. The quantitative estimate of drug-likeness (QED) is 0.907. The molecule has 1 N–H and O–H groups in total. The van der Waals surface area contributed by atoms with Gasteiger partial charge >= 0.3 is 0 Å². The summed E-state index contributed by atoms with van der Waals surface area (Å²) in [6.45, 7) is 2.91. The van der Waals surface area contributed by atoms with Crippen molar-refractivity contribution in [2.24, 2.45) is 11.8 Å². The largest absolute Gasteiger partial charge is 0.352 e. The van der Waals surface area contributed by atoms with Crippen LogP contribution in [0.1, 0.15) is 49.4 Å². The van der Waals surface area contributed by atoms with Crippen LogP contribution >= 0.6 is 0 Å². The number of halogens is 1. The molecule has 0 spiro atoms. The highest BCUT2D eigenvalue weighted by atomic mass is 19.1. The number of nitrogens with zero attached hydrogens (tertiary/aromatic N) is 1. The summed E-state index contributed by atoms with van der Waals surface area (Å²) in [5.74, 6) is 0.591. The Labute approximate surface area is 113 Å². The van der Waals surface area contributed by atoms with Gasteiger partial charge in [-0.15, -0.1) is 0 Å². The van der Waals surface area contributed by atoms with E-state index in [1.54, 1.807) is 0 Å². The van der Waals surface area contributed by atoms with Crippen LogP contribution in [0.5, 0.6) is 0 Å². The van der Waals surface area contributed by atoms with Crippen molar-refractivity contribution in [2.45, 2.75) is 39.0 Å². The number of pyridine rings is 1. The Kier molecular flexibility index (Phi) is 4.88. The zero-order chi connectivity index (χ0) is 13.7. The monoisotopic (exact) mass is 264 g/mol. The predicted octanol–water partition coefficient (Wildman–Crippen LogP) is 3.17. The van der Waals surface area contributed by atoms with Gasteiger partial charge in [-0.2, -0.15) is 0 Å². The number of carbonyl (C=O) groups excluding carboxylic acids is 1. The van der Waals surface area contributed by atoms with Gasteiger partial charge in [-0.25, -0.2) is 4.39 Å². The third-order valence-electron chi connectivity index (χ3n) is 3.90. The first-order valence-corrected chi connectivity index (χ1v) is 7.04. The highest BCUT2D eigenvalue weighted by Gasteiger charge is 2.19. The first kappa shape index (κ1) is 14.0. The van der Waals surface area contributed by atoms with Gasteiger partial charge in [0.2, 0.25) is 0 Å². The molecule has 104 valence electrons. The Balaban J connectivity index is 1.76. The minimum absolute atomic E-state index is 0.0759. The lowest BCUT2D eigenvalue weighted by Gasteiger charge is -2.26. The first-order chi connectivity index (χ1) is 9.16. The molecule has 1 saturated carbocycles. The molecular formula is C15H21FN2O. The number of hydrogen-bond acceptors (Lipinski definition) is 2. The molecule has 0 aliphatic heterocycles. The van der Waals surface area contributed by atoms with E-state index in [2.05, 4.69) is 17.2 Å². The summed E-state index contributed by atoms with van der Waals surface area (Å²) in [5, 5.41) is 2.80. The summed E-state index contributed by atoms with van der Waals surface area (Å²) < 4.78 is 13.3. The highest BCUT2D eigenvalue weighted by Crippen LogP contribution is 2.30. The molecule has 1 heterocycles. The smallest absolute Gasteiger partial charge is 0.254 e. The van der Waals surface area contributed by atoms with Gasteiger partial charge in [0.25, 0.3) is 5.91 Å². The van der Waals surface area contributed by atoms with Crippen molar-refractivity contribution >= 4 is 5.91 Å². The second kappa shape index (κ2) is 6.64. The average Bonchev–Trinajstić information content (AvgIpc) is 2.39. The fourth-order valence-electron chi connectivity index (χ4n) is 2.87. The van der Waals surface area contributed by atoms with Crippen LogP contribution in [0, 0.1) is 17.7 Å². The summed E-state index contributed by atoms with van der Waals surface area (Å²) in [6, 6.07) is 1.41. The molecule has 4 heteroatoms. The van der Waals surface area contributed by atoms with Crippen molar-refractivity contribution in [1.29, 1.82) is 0 Å². The molecule has 1 aromatic heterocycles. The summed E-state index contributed by atoms with van der Waals surface area (Å²) in [7, 11) is 0. The van der Waals surface area contributed by atoms with Gasteiger partial charge in [0.1, 0.15) is 0 Å². The number of nitrogens with one attached hydrogen (secondary N) is 1. The second-order valence-electron chi connectivity index (χ2n) is 5.54. The predicted molar refractivity (Wildman–Crippen MR) is 72.3 cm³/mol. The molecule has 0 radical (unpaired) electrons. The van der Waals surface area contributed by atoms with Gasteiger partial charge in [-0.1, -0.05) is 26.2 Å². The minimum atomic E-state index is -0.564. The molecule has 1 aliphatic carbocycles. The van der Waals surface area contributed by atoms with Gasteiger partial charge in [0, 0.05) is 12.7 Å². The summed E-state index contributed by atoms with van der Waals surface area (Å²) in [4.78, 5) is 15.4. The topological polar surface area (TPSA) is 42.0 Å². The maximum atomic E-state index is 13.3. The zero-order valence-electron chi connectivity index (χ0n) is 11.4. The van der Waals surface area contributed by atoms with Gasteiger partial charge in [0.15, 0.2) is 5.82 Å². The van der Waals surface area contributed by atoms with Crippen LogP contribution in [-0.2, 0) is 0 Å². The van der Waals surface area contributed by atoms with Gasteiger partial charge in [0.05, 0.1) is 11.8 Å². The Hall–Kier alpha value is -1.45. The molecule has 3 nitrogen and oxygen atoms in total. The molecule has 1 fully saturated rings. The Bertz CT molecular complexity index is 436. The summed E-state index contributed by atoms with van der Waals surface area (Å²) in [6.07, 6.45) is 8.61. The van der Waals surface area contributed by atoms with E-state index in [4.69, 9.17) is 0 Å². The van der Waals surface area contributed by atoms with Crippen molar-refractivity contribution in [3.8, 4) is 0 Å². The Morgan fingerprint density at radius 3 is 3.11 bits per heavy atom. The van der Waals surface area contributed by atoms with E-state index in [1.807, 2.05) is 0 Å². The lowest BCUT2D eigenvalue weighted by molar-refractivity contribution is 0.0945. The molecule has 2 unspecified atom stereocenters. The van der Waals surface area contributed by atoms with Crippen LogP contribution in [-0.4, -0.2) is 17.4 Å². The number of amides is 1. The third-order valence-corrected chi connectivity index (χ3v) is 3.90. The fraction of sp³-hybridized carbons (Fsp3) is 0.600. The van der Waals surface area contributed by atoms with Gasteiger partial charge < -0.3 is 5.32 Å². The van der Waals surface area contributed by atoms with Crippen LogP contribution in [0.25, 0.3) is 0 Å². The lowest BCUT2D eigenvalue weighted by atomic mass is 9.81. The average molecular weight is 264 g/mol. The van der Waals surface area contributed by atoms with Crippen LogP contribution < -0.4 is 5.32 Å². The standard InChI is InChI=1S/C15H21FN2O/c1-11-3-2-4-12(9-11)5-8-18-15(19)13-6-7-17-10-14(13)16/h6-7,10-12H,2-5,8-9H2,1H3,(H,18,19). The third kappa shape index (κ3) is 4.01. The highest BCUT2D eigenvalue weighted by molar-refractivity contribution is 5.94. The minimum Gasteiger partial charge on any atom is -0.352 e. The number of aromatic nitrogens is 1. The van der Waals surface area contributed by atoms with E-state index >= 15 is 0 Å². The van der Waals surface area contributed by atoms with E-state index in [1.165, 1.54) is 37.9 Å². The normalized spacial score (nSPS) is 23.1. The maximum absolute atomic E-state index is 13.3. The second-order valence-corrected chi connectivity index (χ2v) is 5.54. The van der Waals surface area contributed by atoms with Crippen LogP contribution in [0.15, 0.2) is 18.5 Å². The fourth-order valence-corrected chi connectivity index (χ4v) is 2.87. The Morgan fingerprint density at radius 1 is 1.53 bits per heavy atom. The summed E-state index contributed by atoms with van der Waals surface area (Å²) in [5.41, 5.74) is 0.0759. The molecule has 0 saturated heterocycles. The molecule has 0 bridgehead atoms. The van der Waals surface area contributed by atoms with Crippen LogP contribution in [0.3, 0.4) is 0 Å². The van der Waals surface area contributed by atoms with E-state index in [0.717, 1.165) is 18.5 Å². The number of carbonyl (C=O) groups is 1. The van der Waals surface area contributed by atoms with Crippen LogP contribution in [0.4, 0.5) is 4.39 Å². The van der Waals surface area contributed by atoms with E-state index in [0.29, 0.717) is 12.5 Å². The van der Waals surface area contributed by atoms with Gasteiger partial charge in [-0.05, 0) is 30.7 Å². The Morgan fingerprint density at radius 2 is 2.37 bits per heavy atom. The first-order valence-electron chi connectivity index (χ1n) is 7.04. The molecule has 2 rings (SSSR count). The van der Waals surface area contributed by atoms with Gasteiger partial charge in [-0.3, -0.25) is 9.78 Å². The van der Waals surface area contributed by atoms with Crippen LogP contribution in [0.2, 0.25) is 0 Å². The molecular weight excluding hydrogens is 243 g/mol. The number of hydrogen-bond donors (Lipinski definition) is 1. The number of rotatable bonds is 4. The summed E-state index contributed by atoms with van der Waals surface area (Å²) >= 11 is 0. The molecule has 1 aromatic rings. The van der Waals surface area contributed by atoms with Crippen molar-refractivity contribution in [2.75, 3.05) is 6.54 Å². The van der Waals surface area contributed by atoms with E-state index < -0.39 is 5.82 Å². The molecule has 19 heavy (non-hydrogen) atoms. The van der Waals surface area contributed by atoms with Crippen molar-refractivity contribution in [3.05, 3.63) is 29.8 Å². The van der Waals surface area contributed by atoms with Crippen molar-refractivity contribution < 1.29 is 9.18 Å². The SMILES string of the molecule is CC1CCCC(CCNC(=O)c2ccncc2F)C1. The van der Waals surface area contributed by atoms with Crippen molar-refractivity contribution in [1.82, 2.24) is 10.3 Å². The zero-order valence-corrected chi connectivity index (χ0v) is 11.4. The molecule has 0 aromatic carbocycles. The molecule has 1 amide bonds. The van der Waals surface area contributed by atoms with E-state index in [9.17, 15) is 9.18 Å². The molecule has 1 aliphatic rings. The maximum Gasteiger partial charge on any atom is 0.254 e.